The van der Waals surface area contributed by atoms with E-state index in [0.29, 0.717) is 34.3 Å². The summed E-state index contributed by atoms with van der Waals surface area (Å²) in [5.74, 6) is -0.121. The highest BCUT2D eigenvalue weighted by atomic mass is 32.2. The van der Waals surface area contributed by atoms with Crippen molar-refractivity contribution in [3.63, 3.8) is 0 Å². The number of non-ortho nitro benzene ring substituents is 1. The Morgan fingerprint density at radius 2 is 1.94 bits per heavy atom. The standard InChI is InChI=1S/C20H19N5O5S/c1-3-24-18(14-5-4-6-16(11-14)25(28)29)22-23-20(24)31-12-17(26)21-15-9-7-13(8-10-15)19(27)30-2/h4-11H,3,12H2,1-2H3,(H,21,26). The molecule has 0 spiro atoms. The molecular weight excluding hydrogens is 422 g/mol. The highest BCUT2D eigenvalue weighted by Gasteiger charge is 2.17. The lowest BCUT2D eigenvalue weighted by atomic mass is 10.2. The summed E-state index contributed by atoms with van der Waals surface area (Å²) in [6, 6.07) is 12.5. The van der Waals surface area contributed by atoms with Gasteiger partial charge in [-0.1, -0.05) is 23.9 Å². The topological polar surface area (TPSA) is 129 Å². The van der Waals surface area contributed by atoms with Crippen molar-refractivity contribution in [2.24, 2.45) is 0 Å². The molecule has 1 N–H and O–H groups in total. The minimum absolute atomic E-state index is 0.0325. The van der Waals surface area contributed by atoms with Crippen molar-refractivity contribution >= 4 is 35.0 Å². The summed E-state index contributed by atoms with van der Waals surface area (Å²) in [5, 5.41) is 22.6. The van der Waals surface area contributed by atoms with Crippen molar-refractivity contribution in [3.8, 4) is 11.4 Å². The predicted molar refractivity (Wildman–Crippen MR) is 115 cm³/mol. The van der Waals surface area contributed by atoms with Crippen LogP contribution in [0.4, 0.5) is 11.4 Å². The maximum absolute atomic E-state index is 12.3. The number of anilines is 1. The monoisotopic (exact) mass is 441 g/mol. The van der Waals surface area contributed by atoms with Crippen LogP contribution in [0.25, 0.3) is 11.4 Å². The van der Waals surface area contributed by atoms with Crippen LogP contribution in [-0.2, 0) is 16.1 Å². The van der Waals surface area contributed by atoms with Crippen LogP contribution >= 0.6 is 11.8 Å². The number of thioether (sulfide) groups is 1. The second-order valence-electron chi connectivity index (χ2n) is 6.26. The highest BCUT2D eigenvalue weighted by Crippen LogP contribution is 2.26. The fourth-order valence-electron chi connectivity index (χ4n) is 2.79. The van der Waals surface area contributed by atoms with Crippen LogP contribution < -0.4 is 5.32 Å². The molecule has 3 rings (SSSR count). The molecular formula is C20H19N5O5S. The summed E-state index contributed by atoms with van der Waals surface area (Å²) in [5.41, 5.74) is 1.48. The van der Waals surface area contributed by atoms with E-state index >= 15 is 0 Å². The Kier molecular flexibility index (Phi) is 6.98. The normalized spacial score (nSPS) is 10.5. The Labute approximate surface area is 181 Å². The van der Waals surface area contributed by atoms with Gasteiger partial charge in [-0.25, -0.2) is 4.79 Å². The molecule has 0 radical (unpaired) electrons. The summed E-state index contributed by atoms with van der Waals surface area (Å²) in [6.07, 6.45) is 0. The molecule has 0 unspecified atom stereocenters. The third-order valence-electron chi connectivity index (χ3n) is 4.27. The fraction of sp³-hybridized carbons (Fsp3) is 0.200. The maximum Gasteiger partial charge on any atom is 0.337 e. The van der Waals surface area contributed by atoms with Crippen LogP contribution in [0.1, 0.15) is 17.3 Å². The first-order valence-corrected chi connectivity index (χ1v) is 10.2. The van der Waals surface area contributed by atoms with Crippen LogP contribution in [0.3, 0.4) is 0 Å². The average molecular weight is 441 g/mol. The van der Waals surface area contributed by atoms with Crippen molar-refractivity contribution in [3.05, 3.63) is 64.2 Å². The molecule has 0 aliphatic rings. The number of nitro benzene ring substituents is 1. The Balaban J connectivity index is 1.67. The van der Waals surface area contributed by atoms with E-state index in [9.17, 15) is 19.7 Å². The number of esters is 1. The molecule has 11 heteroatoms. The van der Waals surface area contributed by atoms with Crippen LogP contribution in [0.2, 0.25) is 0 Å². The Bertz CT molecular complexity index is 1110. The quantitative estimate of drug-likeness (QED) is 0.244. The third kappa shape index (κ3) is 5.25. The number of benzene rings is 2. The Morgan fingerprint density at radius 1 is 1.19 bits per heavy atom. The molecule has 1 amide bonds. The van der Waals surface area contributed by atoms with Crippen LogP contribution in [0.5, 0.6) is 0 Å². The lowest BCUT2D eigenvalue weighted by molar-refractivity contribution is -0.384. The van der Waals surface area contributed by atoms with Gasteiger partial charge in [-0.3, -0.25) is 14.9 Å². The zero-order valence-electron chi connectivity index (χ0n) is 16.8. The molecule has 0 bridgehead atoms. The summed E-state index contributed by atoms with van der Waals surface area (Å²) in [6.45, 7) is 2.43. The van der Waals surface area contributed by atoms with Gasteiger partial charge >= 0.3 is 5.97 Å². The van der Waals surface area contributed by atoms with E-state index in [4.69, 9.17) is 0 Å². The minimum atomic E-state index is -0.464. The second-order valence-corrected chi connectivity index (χ2v) is 7.21. The number of nitrogens with one attached hydrogen (secondary N) is 1. The molecule has 0 fully saturated rings. The molecule has 1 aromatic heterocycles. The van der Waals surface area contributed by atoms with Gasteiger partial charge in [0.2, 0.25) is 5.91 Å². The molecule has 0 saturated heterocycles. The average Bonchev–Trinajstić information content (AvgIpc) is 3.20. The first kappa shape index (κ1) is 22.0. The number of ether oxygens (including phenoxy) is 1. The van der Waals surface area contributed by atoms with Crippen LogP contribution in [0.15, 0.2) is 53.7 Å². The first-order valence-electron chi connectivity index (χ1n) is 9.22. The van der Waals surface area contributed by atoms with Crippen molar-refractivity contribution in [2.45, 2.75) is 18.6 Å². The van der Waals surface area contributed by atoms with E-state index in [0.717, 1.165) is 0 Å². The van der Waals surface area contributed by atoms with E-state index in [1.807, 2.05) is 6.92 Å². The molecule has 31 heavy (non-hydrogen) atoms. The van der Waals surface area contributed by atoms with Crippen LogP contribution in [-0.4, -0.2) is 44.4 Å². The lowest BCUT2D eigenvalue weighted by Crippen LogP contribution is -2.14. The summed E-state index contributed by atoms with van der Waals surface area (Å²) >= 11 is 1.21. The van der Waals surface area contributed by atoms with Gasteiger partial charge in [0, 0.05) is 29.9 Å². The van der Waals surface area contributed by atoms with Crippen molar-refractivity contribution in [2.75, 3.05) is 18.2 Å². The van der Waals surface area contributed by atoms with Gasteiger partial charge in [0.05, 0.1) is 23.3 Å². The van der Waals surface area contributed by atoms with Gasteiger partial charge < -0.3 is 14.6 Å². The van der Waals surface area contributed by atoms with Gasteiger partial charge in [0.1, 0.15) is 0 Å². The SMILES string of the molecule is CCn1c(SCC(=O)Nc2ccc(C(=O)OC)cc2)nnc1-c1cccc([N+](=O)[O-])c1. The number of hydrogen-bond donors (Lipinski definition) is 1. The van der Waals surface area contributed by atoms with Crippen molar-refractivity contribution in [1.29, 1.82) is 0 Å². The van der Waals surface area contributed by atoms with Gasteiger partial charge in [-0.05, 0) is 31.2 Å². The largest absolute Gasteiger partial charge is 0.465 e. The first-order chi connectivity index (χ1) is 14.9. The van der Waals surface area contributed by atoms with E-state index < -0.39 is 10.9 Å². The lowest BCUT2D eigenvalue weighted by Gasteiger charge is -2.08. The maximum atomic E-state index is 12.3. The number of methoxy groups -OCH3 is 1. The molecule has 3 aromatic rings. The van der Waals surface area contributed by atoms with Gasteiger partial charge in [0.15, 0.2) is 11.0 Å². The van der Waals surface area contributed by atoms with E-state index in [1.54, 1.807) is 41.0 Å². The van der Waals surface area contributed by atoms with Crippen molar-refractivity contribution in [1.82, 2.24) is 14.8 Å². The van der Waals surface area contributed by atoms with Crippen molar-refractivity contribution < 1.29 is 19.2 Å². The number of amides is 1. The molecule has 0 atom stereocenters. The van der Waals surface area contributed by atoms with E-state index in [1.165, 1.54) is 31.0 Å². The van der Waals surface area contributed by atoms with Gasteiger partial charge in [-0.15, -0.1) is 10.2 Å². The Morgan fingerprint density at radius 3 is 2.58 bits per heavy atom. The van der Waals surface area contributed by atoms with Gasteiger partial charge in [-0.2, -0.15) is 0 Å². The molecule has 1 heterocycles. The molecule has 2 aromatic carbocycles. The van der Waals surface area contributed by atoms with E-state index in [2.05, 4.69) is 20.3 Å². The zero-order valence-corrected chi connectivity index (χ0v) is 17.6. The number of aromatic nitrogens is 3. The fourth-order valence-corrected chi connectivity index (χ4v) is 3.59. The highest BCUT2D eigenvalue weighted by molar-refractivity contribution is 7.99. The molecule has 0 aliphatic carbocycles. The number of rotatable bonds is 8. The molecule has 0 saturated carbocycles. The third-order valence-corrected chi connectivity index (χ3v) is 5.24. The molecule has 10 nitrogen and oxygen atoms in total. The van der Waals surface area contributed by atoms with Gasteiger partial charge in [0.25, 0.3) is 5.69 Å². The Hall–Kier alpha value is -3.73. The molecule has 160 valence electrons. The van der Waals surface area contributed by atoms with Crippen LogP contribution in [0, 0.1) is 10.1 Å². The summed E-state index contributed by atoms with van der Waals surface area (Å²) < 4.78 is 6.43. The zero-order chi connectivity index (χ0) is 22.4. The number of nitrogens with zero attached hydrogens (tertiary/aromatic N) is 4. The number of nitro groups is 1. The predicted octanol–water partition coefficient (Wildman–Crippen LogP) is 3.39. The minimum Gasteiger partial charge on any atom is -0.465 e. The number of carbonyl (C=O) groups excluding carboxylic acids is 2. The second kappa shape index (κ2) is 9.85. The summed E-state index contributed by atoms with van der Waals surface area (Å²) in [7, 11) is 1.30. The number of carbonyl (C=O) groups is 2. The number of hydrogen-bond acceptors (Lipinski definition) is 8. The molecule has 0 aliphatic heterocycles. The summed E-state index contributed by atoms with van der Waals surface area (Å²) in [4.78, 5) is 34.3. The smallest absolute Gasteiger partial charge is 0.337 e. The van der Waals surface area contributed by atoms with E-state index in [-0.39, 0.29) is 17.3 Å².